The summed E-state index contributed by atoms with van der Waals surface area (Å²) in [6.45, 7) is 0.813. The lowest BCUT2D eigenvalue weighted by molar-refractivity contribution is -0.129. The Morgan fingerprint density at radius 1 is 0.651 bits per heavy atom. The lowest BCUT2D eigenvalue weighted by atomic mass is 9.90. The monoisotopic (exact) mass is 579 g/mol. The van der Waals surface area contributed by atoms with E-state index in [1.165, 1.54) is 0 Å². The van der Waals surface area contributed by atoms with E-state index in [2.05, 4.69) is 16.0 Å². The summed E-state index contributed by atoms with van der Waals surface area (Å²) in [6, 6.07) is 34.2. The van der Waals surface area contributed by atoms with E-state index in [0.717, 1.165) is 22.3 Å². The number of phenolic OH excluding ortho intramolecular Hbond substituents is 1. The van der Waals surface area contributed by atoms with Crippen LogP contribution in [0.15, 0.2) is 115 Å². The highest BCUT2D eigenvalue weighted by Crippen LogP contribution is 2.25. The predicted molar refractivity (Wildman–Crippen MR) is 165 cm³/mol. The van der Waals surface area contributed by atoms with Crippen molar-refractivity contribution in [3.8, 4) is 5.75 Å². The summed E-state index contributed by atoms with van der Waals surface area (Å²) < 4.78 is 5.25. The van der Waals surface area contributed by atoms with E-state index in [4.69, 9.17) is 4.74 Å². The van der Waals surface area contributed by atoms with Crippen LogP contribution < -0.4 is 16.0 Å². The van der Waals surface area contributed by atoms with Gasteiger partial charge in [-0.3, -0.25) is 9.59 Å². The molecule has 0 aliphatic rings. The number of ether oxygens (including phenoxy) is 1. The molecule has 1 unspecified atom stereocenters. The molecule has 0 saturated heterocycles. The first-order valence-corrected chi connectivity index (χ1v) is 14.4. The molecule has 0 bridgehead atoms. The Morgan fingerprint density at radius 2 is 1.23 bits per heavy atom. The number of aromatic hydroxyl groups is 1. The molecular formula is C35H37N3O5. The number of hydrogen-bond donors (Lipinski definition) is 4. The molecule has 0 spiro atoms. The maximum absolute atomic E-state index is 13.7. The average molecular weight is 580 g/mol. The van der Waals surface area contributed by atoms with Gasteiger partial charge in [-0.05, 0) is 53.6 Å². The lowest BCUT2D eigenvalue weighted by Crippen LogP contribution is -2.48. The molecule has 4 rings (SSSR count). The van der Waals surface area contributed by atoms with Crippen molar-refractivity contribution in [2.75, 3.05) is 6.54 Å². The van der Waals surface area contributed by atoms with E-state index in [-0.39, 0.29) is 30.7 Å². The standard InChI is InChI=1S/C35H37N3O5/c39-30-21-19-26(20-22-30)24-37-33(40)31(18-10-11-23-36-35(42)43-25-27-12-4-1-5-13-27)38-34(41)32(28-14-6-2-7-15-28)29-16-8-3-9-17-29/h1-9,12-17,19-22,31-32,39H,10-11,18,23-25H2,(H,36,42)(H,37,40)(H,38,41). The van der Waals surface area contributed by atoms with Crippen molar-refractivity contribution in [1.82, 2.24) is 16.0 Å². The minimum Gasteiger partial charge on any atom is -0.508 e. The van der Waals surface area contributed by atoms with Gasteiger partial charge in [-0.25, -0.2) is 4.79 Å². The number of alkyl carbamates (subject to hydrolysis) is 1. The first-order valence-electron chi connectivity index (χ1n) is 14.4. The third-order valence-corrected chi connectivity index (χ3v) is 6.97. The fraction of sp³-hybridized carbons (Fsp3) is 0.229. The third kappa shape index (κ3) is 10.0. The number of carbonyl (C=O) groups is 3. The molecule has 4 N–H and O–H groups in total. The second-order valence-electron chi connectivity index (χ2n) is 10.2. The Morgan fingerprint density at radius 3 is 1.84 bits per heavy atom. The highest BCUT2D eigenvalue weighted by molar-refractivity contribution is 5.92. The van der Waals surface area contributed by atoms with E-state index in [9.17, 15) is 19.5 Å². The molecule has 0 radical (unpaired) electrons. The molecule has 0 aliphatic heterocycles. The first kappa shape index (κ1) is 30.8. The Bertz CT molecular complexity index is 1390. The molecule has 0 aliphatic carbocycles. The molecule has 4 aromatic carbocycles. The fourth-order valence-electron chi connectivity index (χ4n) is 4.67. The number of rotatable bonds is 14. The highest BCUT2D eigenvalue weighted by atomic mass is 16.5. The number of benzene rings is 4. The first-order chi connectivity index (χ1) is 21.0. The summed E-state index contributed by atoms with van der Waals surface area (Å²) in [5.74, 6) is -1.03. The van der Waals surface area contributed by atoms with E-state index in [0.29, 0.717) is 25.8 Å². The zero-order chi connectivity index (χ0) is 30.3. The van der Waals surface area contributed by atoms with Gasteiger partial charge in [0, 0.05) is 13.1 Å². The van der Waals surface area contributed by atoms with Gasteiger partial charge < -0.3 is 25.8 Å². The highest BCUT2D eigenvalue weighted by Gasteiger charge is 2.27. The number of amides is 3. The van der Waals surface area contributed by atoms with Crippen LogP contribution in [0.4, 0.5) is 4.79 Å². The smallest absolute Gasteiger partial charge is 0.407 e. The maximum atomic E-state index is 13.7. The lowest BCUT2D eigenvalue weighted by Gasteiger charge is -2.23. The van der Waals surface area contributed by atoms with Gasteiger partial charge >= 0.3 is 6.09 Å². The number of hydrogen-bond acceptors (Lipinski definition) is 5. The summed E-state index contributed by atoms with van der Waals surface area (Å²) >= 11 is 0. The van der Waals surface area contributed by atoms with Crippen molar-refractivity contribution in [2.24, 2.45) is 0 Å². The molecule has 8 heteroatoms. The predicted octanol–water partition coefficient (Wildman–Crippen LogP) is 5.42. The van der Waals surface area contributed by atoms with Crippen LogP contribution in [-0.2, 0) is 27.5 Å². The summed E-state index contributed by atoms with van der Waals surface area (Å²) in [4.78, 5) is 39.2. The van der Waals surface area contributed by atoms with Gasteiger partial charge in [0.1, 0.15) is 18.4 Å². The minimum atomic E-state index is -0.787. The number of unbranched alkanes of at least 4 members (excludes halogenated alkanes) is 1. The topological polar surface area (TPSA) is 117 Å². The SMILES string of the molecule is O=C(NCCCCC(NC(=O)C(c1ccccc1)c1ccccc1)C(=O)NCc1ccc(O)cc1)OCc1ccccc1. The van der Waals surface area contributed by atoms with Crippen molar-refractivity contribution in [3.63, 3.8) is 0 Å². The van der Waals surface area contributed by atoms with Gasteiger partial charge in [-0.15, -0.1) is 0 Å². The van der Waals surface area contributed by atoms with Gasteiger partial charge in [0.15, 0.2) is 0 Å². The van der Waals surface area contributed by atoms with Crippen LogP contribution in [0.2, 0.25) is 0 Å². The zero-order valence-corrected chi connectivity index (χ0v) is 23.9. The van der Waals surface area contributed by atoms with Crippen molar-refractivity contribution in [3.05, 3.63) is 138 Å². The van der Waals surface area contributed by atoms with Crippen LogP contribution in [0.25, 0.3) is 0 Å². The van der Waals surface area contributed by atoms with Crippen LogP contribution in [0.1, 0.15) is 47.4 Å². The van der Waals surface area contributed by atoms with E-state index in [1.807, 2.05) is 91.0 Å². The molecule has 0 fully saturated rings. The Balaban J connectivity index is 1.36. The fourth-order valence-corrected chi connectivity index (χ4v) is 4.67. The van der Waals surface area contributed by atoms with Crippen LogP contribution in [-0.4, -0.2) is 35.6 Å². The molecular weight excluding hydrogens is 542 g/mol. The number of carbonyl (C=O) groups excluding carboxylic acids is 3. The number of phenols is 1. The summed E-state index contributed by atoms with van der Waals surface area (Å²) in [7, 11) is 0. The Kier molecular flexibility index (Phi) is 11.7. The second kappa shape index (κ2) is 16.4. The molecule has 1 atom stereocenters. The normalized spacial score (nSPS) is 11.4. The summed E-state index contributed by atoms with van der Waals surface area (Å²) in [5.41, 5.74) is 3.38. The molecule has 43 heavy (non-hydrogen) atoms. The van der Waals surface area contributed by atoms with Crippen LogP contribution in [0, 0.1) is 0 Å². The number of nitrogens with one attached hydrogen (secondary N) is 3. The van der Waals surface area contributed by atoms with Gasteiger partial charge in [-0.1, -0.05) is 103 Å². The van der Waals surface area contributed by atoms with Gasteiger partial charge in [0.25, 0.3) is 0 Å². The maximum Gasteiger partial charge on any atom is 0.407 e. The quantitative estimate of drug-likeness (QED) is 0.149. The largest absolute Gasteiger partial charge is 0.508 e. The van der Waals surface area contributed by atoms with Crippen molar-refractivity contribution in [2.45, 2.75) is 44.4 Å². The van der Waals surface area contributed by atoms with Gasteiger partial charge in [0.05, 0.1) is 5.92 Å². The van der Waals surface area contributed by atoms with Crippen molar-refractivity contribution in [1.29, 1.82) is 0 Å². The molecule has 0 aromatic heterocycles. The molecule has 8 nitrogen and oxygen atoms in total. The van der Waals surface area contributed by atoms with Gasteiger partial charge in [0.2, 0.25) is 11.8 Å². The minimum absolute atomic E-state index is 0.144. The Labute approximate surface area is 252 Å². The molecule has 0 heterocycles. The van der Waals surface area contributed by atoms with Crippen molar-refractivity contribution >= 4 is 17.9 Å². The molecule has 0 saturated carbocycles. The van der Waals surface area contributed by atoms with E-state index >= 15 is 0 Å². The van der Waals surface area contributed by atoms with E-state index < -0.39 is 18.1 Å². The van der Waals surface area contributed by atoms with Crippen LogP contribution >= 0.6 is 0 Å². The zero-order valence-electron chi connectivity index (χ0n) is 23.9. The molecule has 4 aromatic rings. The van der Waals surface area contributed by atoms with Crippen molar-refractivity contribution < 1.29 is 24.2 Å². The average Bonchev–Trinajstić information content (AvgIpc) is 3.04. The third-order valence-electron chi connectivity index (χ3n) is 6.97. The second-order valence-corrected chi connectivity index (χ2v) is 10.2. The summed E-state index contributed by atoms with van der Waals surface area (Å²) in [6.07, 6.45) is 1.05. The van der Waals surface area contributed by atoms with E-state index in [1.54, 1.807) is 24.3 Å². The van der Waals surface area contributed by atoms with Crippen LogP contribution in [0.5, 0.6) is 5.75 Å². The molecule has 3 amide bonds. The summed E-state index contributed by atoms with van der Waals surface area (Å²) in [5, 5.41) is 18.2. The van der Waals surface area contributed by atoms with Crippen LogP contribution in [0.3, 0.4) is 0 Å². The molecule has 222 valence electrons. The van der Waals surface area contributed by atoms with Gasteiger partial charge in [-0.2, -0.15) is 0 Å². The Hall–Kier alpha value is -5.11.